The molecule has 0 spiro atoms. The maximum Gasteiger partial charge on any atom is 0.210 e. The van der Waals surface area contributed by atoms with Crippen LogP contribution >= 0.6 is 11.6 Å². The van der Waals surface area contributed by atoms with E-state index in [1.165, 1.54) is 69.5 Å². The highest BCUT2D eigenvalue weighted by molar-refractivity contribution is 6.30. The van der Waals surface area contributed by atoms with E-state index in [2.05, 4.69) is 153 Å². The molecule has 0 saturated carbocycles. The number of hydrogen-bond donors (Lipinski definition) is 0. The van der Waals surface area contributed by atoms with Crippen molar-refractivity contribution in [1.29, 1.82) is 0 Å². The Morgan fingerprint density at radius 2 is 1.59 bits per heavy atom. The van der Waals surface area contributed by atoms with Gasteiger partial charge in [0.2, 0.25) is 5.69 Å². The van der Waals surface area contributed by atoms with E-state index in [1.54, 1.807) is 0 Å². The Bertz CT molecular complexity index is 1800. The van der Waals surface area contributed by atoms with Gasteiger partial charge in [-0.3, -0.25) is 0 Å². The summed E-state index contributed by atoms with van der Waals surface area (Å²) in [5.41, 5.74) is 8.85. The first-order valence-electron chi connectivity index (χ1n) is 16.1. The van der Waals surface area contributed by atoms with Gasteiger partial charge in [-0.2, -0.15) is 4.58 Å². The van der Waals surface area contributed by atoms with Gasteiger partial charge in [0.25, 0.3) is 0 Å². The summed E-state index contributed by atoms with van der Waals surface area (Å²) in [6.07, 6.45) is 15.1. The van der Waals surface area contributed by atoms with Crippen molar-refractivity contribution in [2.75, 3.05) is 18.0 Å². The molecule has 3 heteroatoms. The van der Waals surface area contributed by atoms with Gasteiger partial charge < -0.3 is 4.90 Å². The van der Waals surface area contributed by atoms with E-state index < -0.39 is 0 Å². The van der Waals surface area contributed by atoms with E-state index in [0.717, 1.165) is 18.1 Å². The summed E-state index contributed by atoms with van der Waals surface area (Å²) >= 11 is 6.53. The van der Waals surface area contributed by atoms with Gasteiger partial charge in [0.05, 0.1) is 5.41 Å². The molecule has 4 aromatic rings. The summed E-state index contributed by atoms with van der Waals surface area (Å²) in [7, 11) is 0. The maximum atomic E-state index is 6.53. The van der Waals surface area contributed by atoms with Gasteiger partial charge >= 0.3 is 0 Å². The molecule has 0 saturated heterocycles. The van der Waals surface area contributed by atoms with Crippen LogP contribution < -0.4 is 4.90 Å². The predicted molar refractivity (Wildman–Crippen MR) is 191 cm³/mol. The lowest BCUT2D eigenvalue weighted by atomic mass is 9.80. The fourth-order valence-corrected chi connectivity index (χ4v) is 7.40. The van der Waals surface area contributed by atoms with Gasteiger partial charge in [-0.1, -0.05) is 118 Å². The van der Waals surface area contributed by atoms with Crippen LogP contribution in [0.15, 0.2) is 115 Å². The van der Waals surface area contributed by atoms with Gasteiger partial charge in [0.1, 0.15) is 0 Å². The Morgan fingerprint density at radius 3 is 2.39 bits per heavy atom. The van der Waals surface area contributed by atoms with E-state index >= 15 is 0 Å². The minimum absolute atomic E-state index is 0.114. The van der Waals surface area contributed by atoms with Crippen LogP contribution in [0.5, 0.6) is 0 Å². The molecule has 0 bridgehead atoms. The molecule has 44 heavy (non-hydrogen) atoms. The van der Waals surface area contributed by atoms with Crippen molar-refractivity contribution in [1.82, 2.24) is 0 Å². The molecule has 0 aromatic heterocycles. The predicted octanol–water partition coefficient (Wildman–Crippen LogP) is 11.0. The molecule has 2 heterocycles. The highest BCUT2D eigenvalue weighted by Crippen LogP contribution is 2.51. The van der Waals surface area contributed by atoms with Crippen molar-refractivity contribution in [2.24, 2.45) is 0 Å². The summed E-state index contributed by atoms with van der Waals surface area (Å²) in [6.45, 7) is 13.5. The molecular weight excluding hydrogens is 556 g/mol. The van der Waals surface area contributed by atoms with Gasteiger partial charge in [-0.15, -0.1) is 0 Å². The third kappa shape index (κ3) is 5.46. The molecule has 2 nitrogen and oxygen atoms in total. The van der Waals surface area contributed by atoms with E-state index in [9.17, 15) is 0 Å². The number of rotatable bonds is 9. The van der Waals surface area contributed by atoms with Gasteiger partial charge in [-0.25, -0.2) is 0 Å². The van der Waals surface area contributed by atoms with Crippen LogP contribution in [0, 0.1) is 0 Å². The molecule has 0 radical (unpaired) electrons. The average Bonchev–Trinajstić information content (AvgIpc) is 3.36. The van der Waals surface area contributed by atoms with Crippen molar-refractivity contribution in [3.8, 4) is 0 Å². The number of fused-ring (bicyclic) bond motifs is 4. The van der Waals surface area contributed by atoms with Crippen molar-refractivity contribution in [3.05, 3.63) is 137 Å². The number of anilines is 1. The topological polar surface area (TPSA) is 6.25 Å². The third-order valence-corrected chi connectivity index (χ3v) is 9.73. The smallest absolute Gasteiger partial charge is 0.210 e. The second-order valence-corrected chi connectivity index (χ2v) is 13.6. The quantitative estimate of drug-likeness (QED) is 0.137. The van der Waals surface area contributed by atoms with Crippen LogP contribution in [0.25, 0.3) is 16.8 Å². The van der Waals surface area contributed by atoms with Crippen LogP contribution in [0.3, 0.4) is 0 Å². The molecule has 2 aliphatic rings. The Balaban J connectivity index is 1.41. The number of hydrogen-bond acceptors (Lipinski definition) is 1. The highest BCUT2D eigenvalue weighted by atomic mass is 35.5. The summed E-state index contributed by atoms with van der Waals surface area (Å²) < 4.78 is 2.45. The first-order valence-corrected chi connectivity index (χ1v) is 16.5. The number of unbranched alkanes of at least 4 members (excludes halogenated alkanes) is 2. The lowest BCUT2D eigenvalue weighted by Gasteiger charge is -2.27. The van der Waals surface area contributed by atoms with Crippen LogP contribution in [-0.2, 0) is 10.8 Å². The zero-order valence-corrected chi connectivity index (χ0v) is 27.5. The first kappa shape index (κ1) is 30.2. The lowest BCUT2D eigenvalue weighted by molar-refractivity contribution is -0.425. The van der Waals surface area contributed by atoms with E-state index in [-0.39, 0.29) is 10.8 Å². The molecule has 0 amide bonds. The Labute approximate surface area is 268 Å². The maximum absolute atomic E-state index is 6.53. The molecule has 0 atom stereocenters. The molecule has 0 N–H and O–H groups in total. The van der Waals surface area contributed by atoms with Gasteiger partial charge in [-0.05, 0) is 72.5 Å². The van der Waals surface area contributed by atoms with Gasteiger partial charge in [0, 0.05) is 46.1 Å². The fraction of sp³-hybridized carbons (Fsp3) is 0.293. The van der Waals surface area contributed by atoms with Crippen molar-refractivity contribution >= 4 is 45.5 Å². The third-order valence-electron chi connectivity index (χ3n) is 9.50. The van der Waals surface area contributed by atoms with Crippen LogP contribution in [0.1, 0.15) is 70.6 Å². The summed E-state index contributed by atoms with van der Waals surface area (Å²) in [5, 5.41) is 3.45. The Morgan fingerprint density at radius 1 is 0.818 bits per heavy atom. The molecule has 2 aliphatic heterocycles. The largest absolute Gasteiger partial charge is 0.344 e. The number of allylic oxidation sites excluding steroid dienone is 4. The first-order chi connectivity index (χ1) is 21.2. The zero-order valence-electron chi connectivity index (χ0n) is 26.8. The lowest BCUT2D eigenvalue weighted by Crippen LogP contribution is -2.28. The second kappa shape index (κ2) is 12.3. The fourth-order valence-electron chi connectivity index (χ4n) is 7.23. The zero-order chi connectivity index (χ0) is 30.9. The van der Waals surface area contributed by atoms with Crippen LogP contribution in [-0.4, -0.2) is 23.4 Å². The van der Waals surface area contributed by atoms with E-state index in [1.807, 2.05) is 6.07 Å². The van der Waals surface area contributed by atoms with Crippen molar-refractivity contribution < 1.29 is 4.58 Å². The molecule has 0 unspecified atom stereocenters. The molecule has 6 rings (SSSR count). The van der Waals surface area contributed by atoms with Gasteiger partial charge in [0.15, 0.2) is 12.3 Å². The number of halogens is 1. The minimum Gasteiger partial charge on any atom is -0.344 e. The van der Waals surface area contributed by atoms with E-state index in [4.69, 9.17) is 11.6 Å². The number of benzene rings is 4. The molecule has 4 aromatic carbocycles. The highest BCUT2D eigenvalue weighted by Gasteiger charge is 2.44. The molecule has 0 aliphatic carbocycles. The molecule has 0 fully saturated rings. The second-order valence-electron chi connectivity index (χ2n) is 13.2. The summed E-state index contributed by atoms with van der Waals surface area (Å²) in [5.74, 6) is 0. The van der Waals surface area contributed by atoms with Crippen LogP contribution in [0.2, 0.25) is 5.02 Å². The number of nitrogens with zero attached hydrogens (tertiary/aromatic N) is 2. The SMILES string of the molecule is CCCCCN1C(=CC=CC2=[N+](CC=Cc3ccccc3)c3ccc(Cl)cc3C2(C)C)C(C)(C)c2c1ccc1ccccc21. The monoisotopic (exact) mass is 599 g/mol. The standard InChI is InChI=1S/C41H44ClN2/c1-6-7-13-27-44-36-25-23-31-19-11-12-20-33(31)39(36)41(4,5)38(44)22-14-21-37-40(2,3)34-29-32(42)24-26-35(34)43(37)28-15-18-30-16-9-8-10-17-30/h8-12,14-26,29H,6-7,13,27-28H2,1-5H3/q+1. The van der Waals surface area contributed by atoms with Crippen LogP contribution in [0.4, 0.5) is 11.4 Å². The average molecular weight is 600 g/mol. The summed E-state index contributed by atoms with van der Waals surface area (Å²) in [4.78, 5) is 2.58. The van der Waals surface area contributed by atoms with Crippen molar-refractivity contribution in [3.63, 3.8) is 0 Å². The minimum atomic E-state index is -0.180. The molecule has 224 valence electrons. The van der Waals surface area contributed by atoms with Crippen molar-refractivity contribution in [2.45, 2.75) is 64.7 Å². The molecular formula is C41H44ClN2+. The Hall–Kier alpha value is -3.88. The normalized spacial score (nSPS) is 17.9. The Kier molecular flexibility index (Phi) is 8.40. The van der Waals surface area contributed by atoms with E-state index in [0.29, 0.717) is 0 Å². The summed E-state index contributed by atoms with van der Waals surface area (Å²) in [6, 6.07) is 30.3.